The minimum atomic E-state index is -0.0425. The molecule has 0 aliphatic rings. The Labute approximate surface area is 129 Å². The fourth-order valence-electron chi connectivity index (χ4n) is 1.75. The van der Waals surface area contributed by atoms with Crippen molar-refractivity contribution < 1.29 is 9.26 Å². The minimum absolute atomic E-state index is 0.0425. The second-order valence-corrected chi connectivity index (χ2v) is 6.07. The van der Waals surface area contributed by atoms with E-state index in [1.807, 2.05) is 6.92 Å². The lowest BCUT2D eigenvalue weighted by atomic mass is 10.4. The molecule has 0 spiro atoms. The summed E-state index contributed by atoms with van der Waals surface area (Å²) >= 11 is 7.37. The first-order chi connectivity index (χ1) is 10.2. The molecular formula is C12H12ClN5O2S. The van der Waals surface area contributed by atoms with Gasteiger partial charge in [0.05, 0.1) is 15.8 Å². The number of nitrogens with one attached hydrogen (secondary N) is 1. The first-order valence-electron chi connectivity index (χ1n) is 6.15. The molecule has 0 saturated carbocycles. The quantitative estimate of drug-likeness (QED) is 0.721. The van der Waals surface area contributed by atoms with Crippen molar-refractivity contribution in [3.63, 3.8) is 0 Å². The summed E-state index contributed by atoms with van der Waals surface area (Å²) in [7, 11) is 1.58. The molecule has 0 aliphatic heterocycles. The van der Waals surface area contributed by atoms with Crippen molar-refractivity contribution in [1.82, 2.24) is 25.1 Å². The molecule has 0 radical (unpaired) electrons. The molecule has 0 aromatic carbocycles. The standard InChI is InChI=1S/C12H12ClN5O2S/c1-6(11-16-9(5-19-2)18-20-11)21-12-15-8-3-7(13)4-14-10(8)17-12/h3-4,6H,5H2,1-2H3,(H,14,15,17)/t6-/m0/s1. The van der Waals surface area contributed by atoms with Crippen molar-refractivity contribution in [3.8, 4) is 0 Å². The van der Waals surface area contributed by atoms with E-state index in [0.717, 1.165) is 10.7 Å². The summed E-state index contributed by atoms with van der Waals surface area (Å²) in [4.78, 5) is 16.0. The first-order valence-corrected chi connectivity index (χ1v) is 7.41. The van der Waals surface area contributed by atoms with Gasteiger partial charge in [-0.3, -0.25) is 0 Å². The van der Waals surface area contributed by atoms with Gasteiger partial charge in [0, 0.05) is 13.3 Å². The van der Waals surface area contributed by atoms with Gasteiger partial charge in [-0.15, -0.1) is 0 Å². The van der Waals surface area contributed by atoms with Crippen molar-refractivity contribution in [2.45, 2.75) is 23.9 Å². The van der Waals surface area contributed by atoms with E-state index in [9.17, 15) is 0 Å². The summed E-state index contributed by atoms with van der Waals surface area (Å²) in [5.74, 6) is 1.05. The average molecular weight is 326 g/mol. The molecular weight excluding hydrogens is 314 g/mol. The Morgan fingerprint density at radius 2 is 2.33 bits per heavy atom. The van der Waals surface area contributed by atoms with Crippen LogP contribution in [0.15, 0.2) is 21.9 Å². The second kappa shape index (κ2) is 6.00. The molecule has 21 heavy (non-hydrogen) atoms. The van der Waals surface area contributed by atoms with E-state index in [1.54, 1.807) is 19.4 Å². The molecule has 0 aliphatic carbocycles. The number of pyridine rings is 1. The lowest BCUT2D eigenvalue weighted by Crippen LogP contribution is -1.93. The van der Waals surface area contributed by atoms with Gasteiger partial charge < -0.3 is 14.2 Å². The largest absolute Gasteiger partial charge is 0.377 e. The zero-order valence-electron chi connectivity index (χ0n) is 11.3. The summed E-state index contributed by atoms with van der Waals surface area (Å²) in [6.07, 6.45) is 1.57. The number of nitrogens with zero attached hydrogens (tertiary/aromatic N) is 4. The van der Waals surface area contributed by atoms with Gasteiger partial charge >= 0.3 is 0 Å². The third-order valence-electron chi connectivity index (χ3n) is 2.68. The predicted molar refractivity (Wildman–Crippen MR) is 78.2 cm³/mol. The molecule has 3 aromatic heterocycles. The van der Waals surface area contributed by atoms with Gasteiger partial charge in [-0.25, -0.2) is 9.97 Å². The molecule has 3 aromatic rings. The lowest BCUT2D eigenvalue weighted by molar-refractivity contribution is 0.174. The number of aromatic nitrogens is 5. The van der Waals surface area contributed by atoms with Crippen molar-refractivity contribution >= 4 is 34.5 Å². The highest BCUT2D eigenvalue weighted by Gasteiger charge is 2.17. The maximum atomic E-state index is 5.90. The summed E-state index contributed by atoms with van der Waals surface area (Å²) in [6.45, 7) is 2.29. The summed E-state index contributed by atoms with van der Waals surface area (Å²) in [6, 6.07) is 1.79. The maximum Gasteiger partial charge on any atom is 0.240 e. The second-order valence-electron chi connectivity index (χ2n) is 4.31. The number of thioether (sulfide) groups is 1. The summed E-state index contributed by atoms with van der Waals surface area (Å²) < 4.78 is 10.2. The Morgan fingerprint density at radius 1 is 1.48 bits per heavy atom. The fraction of sp³-hybridized carbons (Fsp3) is 0.333. The summed E-state index contributed by atoms with van der Waals surface area (Å²) in [5.41, 5.74) is 1.42. The van der Waals surface area contributed by atoms with Crippen LogP contribution in [-0.4, -0.2) is 32.2 Å². The van der Waals surface area contributed by atoms with Crippen molar-refractivity contribution in [3.05, 3.63) is 29.0 Å². The highest BCUT2D eigenvalue weighted by molar-refractivity contribution is 7.99. The van der Waals surface area contributed by atoms with Crippen LogP contribution in [0.3, 0.4) is 0 Å². The number of hydrogen-bond acceptors (Lipinski definition) is 7. The predicted octanol–water partition coefficient (Wildman–Crippen LogP) is 2.99. The van der Waals surface area contributed by atoms with E-state index in [4.69, 9.17) is 20.9 Å². The number of halogens is 1. The fourth-order valence-corrected chi connectivity index (χ4v) is 2.74. The van der Waals surface area contributed by atoms with E-state index in [0.29, 0.717) is 29.0 Å². The Kier molecular flexibility index (Phi) is 4.09. The van der Waals surface area contributed by atoms with Crippen LogP contribution in [0.25, 0.3) is 11.2 Å². The van der Waals surface area contributed by atoms with E-state index in [-0.39, 0.29) is 5.25 Å². The van der Waals surface area contributed by atoms with Crippen LogP contribution in [0, 0.1) is 0 Å². The number of aromatic amines is 1. The van der Waals surface area contributed by atoms with Crippen molar-refractivity contribution in [1.29, 1.82) is 0 Å². The van der Waals surface area contributed by atoms with Crippen LogP contribution in [-0.2, 0) is 11.3 Å². The molecule has 0 saturated heterocycles. The van der Waals surface area contributed by atoms with E-state index in [1.165, 1.54) is 11.8 Å². The molecule has 1 atom stereocenters. The third-order valence-corrected chi connectivity index (χ3v) is 3.85. The number of hydrogen-bond donors (Lipinski definition) is 1. The highest BCUT2D eigenvalue weighted by Crippen LogP contribution is 2.33. The molecule has 0 unspecified atom stereocenters. The zero-order valence-corrected chi connectivity index (χ0v) is 12.9. The zero-order chi connectivity index (χ0) is 14.8. The number of methoxy groups -OCH3 is 1. The van der Waals surface area contributed by atoms with Gasteiger partial charge in [-0.05, 0) is 13.0 Å². The van der Waals surface area contributed by atoms with Gasteiger partial charge in [0.25, 0.3) is 0 Å². The van der Waals surface area contributed by atoms with Crippen LogP contribution >= 0.6 is 23.4 Å². The molecule has 1 N–H and O–H groups in total. The Balaban J connectivity index is 1.76. The molecule has 3 heterocycles. The monoisotopic (exact) mass is 325 g/mol. The van der Waals surface area contributed by atoms with Crippen molar-refractivity contribution in [2.24, 2.45) is 0 Å². The number of ether oxygens (including phenoxy) is 1. The Hall–Kier alpha value is -1.64. The summed E-state index contributed by atoms with van der Waals surface area (Å²) in [5, 5.41) is 5.08. The number of fused-ring (bicyclic) bond motifs is 1. The Morgan fingerprint density at radius 3 is 3.14 bits per heavy atom. The molecule has 3 rings (SSSR count). The van der Waals surface area contributed by atoms with Gasteiger partial charge in [-0.1, -0.05) is 28.5 Å². The lowest BCUT2D eigenvalue weighted by Gasteiger charge is -2.02. The van der Waals surface area contributed by atoms with Crippen LogP contribution in [0.5, 0.6) is 0 Å². The molecule has 7 nitrogen and oxygen atoms in total. The van der Waals surface area contributed by atoms with Crippen molar-refractivity contribution in [2.75, 3.05) is 7.11 Å². The number of imidazole rings is 1. The molecule has 110 valence electrons. The van der Waals surface area contributed by atoms with Gasteiger partial charge in [0.1, 0.15) is 6.61 Å². The van der Waals surface area contributed by atoms with E-state index in [2.05, 4.69) is 25.1 Å². The third kappa shape index (κ3) is 3.17. The molecule has 0 fully saturated rings. The molecule has 0 bridgehead atoms. The van der Waals surface area contributed by atoms with Crippen LogP contribution < -0.4 is 0 Å². The highest BCUT2D eigenvalue weighted by atomic mass is 35.5. The molecule has 9 heteroatoms. The first kappa shape index (κ1) is 14.3. The topological polar surface area (TPSA) is 89.7 Å². The normalized spacial score (nSPS) is 12.9. The molecule has 0 amide bonds. The van der Waals surface area contributed by atoms with E-state index < -0.39 is 0 Å². The minimum Gasteiger partial charge on any atom is -0.377 e. The van der Waals surface area contributed by atoms with Crippen LogP contribution in [0.4, 0.5) is 0 Å². The smallest absolute Gasteiger partial charge is 0.240 e. The maximum absolute atomic E-state index is 5.90. The Bertz CT molecular complexity index is 759. The van der Waals surface area contributed by atoms with Gasteiger partial charge in [0.2, 0.25) is 5.89 Å². The van der Waals surface area contributed by atoms with Gasteiger partial charge in [0.15, 0.2) is 16.6 Å². The SMILES string of the molecule is COCc1noc([C@H](C)Sc2nc3ncc(Cl)cc3[nH]2)n1. The van der Waals surface area contributed by atoms with Crippen LogP contribution in [0.2, 0.25) is 5.02 Å². The number of H-pyrrole nitrogens is 1. The van der Waals surface area contributed by atoms with Crippen LogP contribution in [0.1, 0.15) is 23.9 Å². The average Bonchev–Trinajstić information content (AvgIpc) is 3.05. The van der Waals surface area contributed by atoms with Gasteiger partial charge in [-0.2, -0.15) is 4.98 Å². The number of rotatable bonds is 5. The van der Waals surface area contributed by atoms with E-state index >= 15 is 0 Å².